The number of Topliss-reactive ketones (excluding diaryl/α,β-unsaturated/α-hetero) is 4. The summed E-state index contributed by atoms with van der Waals surface area (Å²) in [4.78, 5) is 142. The van der Waals surface area contributed by atoms with Gasteiger partial charge in [-0.3, -0.25) is 59.2 Å². The summed E-state index contributed by atoms with van der Waals surface area (Å²) >= 11 is 0. The Kier molecular flexibility index (Phi) is 31.9. The van der Waals surface area contributed by atoms with Gasteiger partial charge in [-0.05, 0) is 103 Å². The summed E-state index contributed by atoms with van der Waals surface area (Å²) in [6, 6.07) is 20.0. The fourth-order valence-corrected chi connectivity index (χ4v) is 12.8. The number of carbonyl (C=O) groups is 8. The molecule has 0 atom stereocenters. The van der Waals surface area contributed by atoms with Crippen molar-refractivity contribution >= 4 is 116 Å². The van der Waals surface area contributed by atoms with Crippen molar-refractivity contribution in [3.05, 3.63) is 158 Å². The Bertz CT molecular complexity index is 5900. The van der Waals surface area contributed by atoms with Crippen LogP contribution in [0.1, 0.15) is 162 Å². The molecule has 2 saturated carbocycles. The number of para-hydroxylation sites is 2. The number of ether oxygens (including phenoxy) is 4. The van der Waals surface area contributed by atoms with Gasteiger partial charge >= 0.3 is 24.1 Å². The lowest BCUT2D eigenvalue weighted by molar-refractivity contribution is 0.0980. The number of aryl methyl sites for hydroxylation is 4. The van der Waals surface area contributed by atoms with Gasteiger partial charge in [0.1, 0.15) is 48.6 Å². The Hall–Kier alpha value is -15.9. The zero-order valence-corrected chi connectivity index (χ0v) is 75.2. The van der Waals surface area contributed by atoms with Crippen LogP contribution in [0, 0.1) is 0 Å². The van der Waals surface area contributed by atoms with E-state index < -0.39 is 11.6 Å². The number of urea groups is 4. The molecule has 0 bridgehead atoms. The first-order valence-corrected chi connectivity index (χ1v) is 41.8. The first-order valence-electron chi connectivity index (χ1n) is 41.8. The van der Waals surface area contributed by atoms with Crippen molar-refractivity contribution in [2.45, 2.75) is 144 Å². The summed E-state index contributed by atoms with van der Waals surface area (Å²) < 4.78 is 28.9. The predicted octanol–water partition coefficient (Wildman–Crippen LogP) is 14.1. The number of carbonyl (C=O) groups excluding carboxylic acids is 8. The number of anilines is 12. The van der Waals surface area contributed by atoms with Gasteiger partial charge in [-0.2, -0.15) is 20.4 Å². The smallest absolute Gasteiger partial charge is 0.320 e. The second-order valence-electron chi connectivity index (χ2n) is 31.0. The Morgan fingerprint density at radius 3 is 0.969 bits per heavy atom. The van der Waals surface area contributed by atoms with E-state index in [0.29, 0.717) is 173 Å². The van der Waals surface area contributed by atoms with Crippen LogP contribution in [0.2, 0.25) is 0 Å². The van der Waals surface area contributed by atoms with Gasteiger partial charge in [0.25, 0.3) is 0 Å². The molecule has 680 valence electrons. The molecule has 12 aromatic rings. The van der Waals surface area contributed by atoms with Crippen LogP contribution in [-0.4, -0.2) is 188 Å². The Morgan fingerprint density at radius 2 is 0.692 bits per heavy atom. The van der Waals surface area contributed by atoms with E-state index in [1.54, 1.807) is 163 Å². The minimum Gasteiger partial charge on any atom is -0.494 e. The van der Waals surface area contributed by atoms with E-state index in [9.17, 15) is 38.4 Å². The maximum atomic E-state index is 12.5. The van der Waals surface area contributed by atoms with E-state index in [0.717, 1.165) is 32.1 Å². The average Bonchev–Trinajstić information content (AvgIpc) is 1.30. The van der Waals surface area contributed by atoms with Crippen LogP contribution in [-0.2, 0) is 28.2 Å². The normalized spacial score (nSPS) is 12.0. The second-order valence-corrected chi connectivity index (χ2v) is 31.0. The second kappa shape index (κ2) is 43.8. The van der Waals surface area contributed by atoms with Gasteiger partial charge in [0.15, 0.2) is 81.1 Å². The highest BCUT2D eigenvalue weighted by Gasteiger charge is 2.28. The number of nitrogens with zero attached hydrogens (tertiary/aromatic N) is 18. The van der Waals surface area contributed by atoms with Crippen molar-refractivity contribution < 1.29 is 57.3 Å². The van der Waals surface area contributed by atoms with E-state index >= 15 is 0 Å². The Labute approximate surface area is 749 Å². The largest absolute Gasteiger partial charge is 0.494 e. The summed E-state index contributed by atoms with van der Waals surface area (Å²) in [7, 11) is 13.3. The van der Waals surface area contributed by atoms with Crippen LogP contribution in [0.4, 0.5) is 88.2 Å². The molecule has 14 rings (SSSR count). The topological polar surface area (TPSA) is 518 Å². The summed E-state index contributed by atoms with van der Waals surface area (Å²) in [5.41, 5.74) is 6.98. The fraction of sp³-hybridized carbons (Fsp3) is 0.341. The molecule has 0 radical (unpaired) electrons. The molecule has 42 nitrogen and oxygen atoms in total. The van der Waals surface area contributed by atoms with Crippen LogP contribution in [0.3, 0.4) is 0 Å². The highest BCUT2D eigenvalue weighted by Crippen LogP contribution is 2.42. The van der Waals surface area contributed by atoms with Crippen molar-refractivity contribution in [3.63, 3.8) is 0 Å². The van der Waals surface area contributed by atoms with Crippen molar-refractivity contribution in [1.82, 2.24) is 110 Å². The van der Waals surface area contributed by atoms with E-state index in [2.05, 4.69) is 134 Å². The minimum atomic E-state index is -0.416. The molecule has 2 fully saturated rings. The quantitative estimate of drug-likeness (QED) is 0.0180. The minimum absolute atomic E-state index is 0.0271. The van der Waals surface area contributed by atoms with Crippen molar-refractivity contribution in [3.8, 4) is 68.5 Å². The molecule has 42 heteroatoms. The van der Waals surface area contributed by atoms with Gasteiger partial charge in [0.05, 0.1) is 107 Å². The van der Waals surface area contributed by atoms with Gasteiger partial charge < -0.3 is 61.5 Å². The zero-order chi connectivity index (χ0) is 93.5. The molecular weight excluding hydrogens is 1670 g/mol. The van der Waals surface area contributed by atoms with Crippen LogP contribution >= 0.6 is 0 Å². The summed E-state index contributed by atoms with van der Waals surface area (Å²) in [6.07, 6.45) is 21.7. The zero-order valence-electron chi connectivity index (χ0n) is 75.2. The lowest BCUT2D eigenvalue weighted by atomic mass is 9.93. The monoisotopic (exact) mass is 1770 g/mol. The molecule has 10 aromatic heterocycles. The van der Waals surface area contributed by atoms with Crippen molar-refractivity contribution in [2.75, 3.05) is 71.0 Å². The maximum Gasteiger partial charge on any atom is 0.320 e. The molecule has 0 spiro atoms. The number of methoxy groups -OCH3 is 4. The molecule has 130 heavy (non-hydrogen) atoms. The summed E-state index contributed by atoms with van der Waals surface area (Å²) in [5, 5.41) is 52.3. The molecule has 2 aromatic carbocycles. The number of hydrogen-bond donors (Lipinski definition) is 12. The van der Waals surface area contributed by atoms with Crippen LogP contribution in [0.5, 0.6) is 23.0 Å². The van der Waals surface area contributed by atoms with E-state index in [-0.39, 0.29) is 71.6 Å². The molecule has 8 amide bonds. The number of pyridine rings is 6. The number of amides is 8. The number of hydrogen-bond acceptors (Lipinski definition) is 30. The van der Waals surface area contributed by atoms with Gasteiger partial charge in [0.2, 0.25) is 0 Å². The molecule has 2 aliphatic rings. The standard InChI is InChI=1S/C22H26N8O3.C22H28N8O3.C22H25N7O3.C22H27N7O3/c1-4-17(31)15-11-24-18(28-22(32)26-13-6-5-7-13)10-16(15)27-21-19(33-3)14(8-9-23-21)20-25-12-30(2)29-20;1-7-16(31)14-11-24-17(27-21(32)28-22(2,3)4)10-15(14)26-20-18(33-6)13(8-9-23-20)19-25-12-30(5)29-19;1-4-18(30)15-11-23-19(27-22(31)25-13-8-9-13)10-17(15)26-16-7-5-6-14(20(16)32-3)21-24-12-29(2)28-21;1-6-18(30)15-11-23-19(27-22(31)25-13(2)3)10-17(15)26-16-9-7-8-14(20(16)32-5)21-24-12-29(4)28-21/h8-13H,4-7H2,1-3H3,(H3,23,24,26,27,28,32);8-12H,7H2,1-6H3,(H3,23,24,26,27,28,32);5-7,10-13H,4,8-9H2,1-3H3,(H3,23,25,26,27,31);7-13H,6H2,1-5H3,(H3,23,25,26,27,31). The third kappa shape index (κ3) is 25.2. The maximum absolute atomic E-state index is 12.5. The van der Waals surface area contributed by atoms with Crippen molar-refractivity contribution in [1.29, 1.82) is 0 Å². The molecule has 10 heterocycles. The number of rotatable bonds is 31. The van der Waals surface area contributed by atoms with E-state index in [1.165, 1.54) is 39.0 Å². The fourth-order valence-electron chi connectivity index (χ4n) is 12.8. The number of aromatic nitrogens is 18. The van der Waals surface area contributed by atoms with Crippen molar-refractivity contribution in [2.24, 2.45) is 28.2 Å². The third-order valence-corrected chi connectivity index (χ3v) is 19.4. The van der Waals surface area contributed by atoms with E-state index in [4.69, 9.17) is 18.9 Å². The van der Waals surface area contributed by atoms with Crippen LogP contribution < -0.4 is 82.7 Å². The molecule has 2 aliphatic carbocycles. The number of ketones is 4. The van der Waals surface area contributed by atoms with Crippen LogP contribution in [0.25, 0.3) is 45.6 Å². The molecular formula is C88H106N30O12. The average molecular weight is 1780 g/mol. The van der Waals surface area contributed by atoms with Crippen LogP contribution in [0.15, 0.2) is 135 Å². The lowest BCUT2D eigenvalue weighted by Gasteiger charge is -2.26. The highest BCUT2D eigenvalue weighted by molar-refractivity contribution is 6.06. The summed E-state index contributed by atoms with van der Waals surface area (Å²) in [6.45, 7) is 16.4. The third-order valence-electron chi connectivity index (χ3n) is 19.4. The van der Waals surface area contributed by atoms with Gasteiger partial charge in [-0.1, -0.05) is 39.8 Å². The molecule has 0 saturated heterocycles. The van der Waals surface area contributed by atoms with E-state index in [1.807, 2.05) is 71.0 Å². The first-order chi connectivity index (χ1) is 62.4. The Morgan fingerprint density at radius 1 is 0.385 bits per heavy atom. The van der Waals surface area contributed by atoms with Gasteiger partial charge in [0, 0.05) is 139 Å². The SMILES string of the molecule is CCC(=O)c1cnc(NC(=O)NC(C)(C)C)cc1Nc1nccc(-c2ncn(C)n2)c1OC.CCC(=O)c1cnc(NC(=O)NC(C)C)cc1Nc1cccc(-c2ncn(C)n2)c1OC.CCC(=O)c1cnc(NC(=O)NC2CC2)cc1Nc1cccc(-c2ncn(C)n2)c1OC.CCC(=O)c1cnc(NC(=O)NC2CCC2)cc1Nc1nccc(-c2ncn(C)n2)c1OC. The van der Waals surface area contributed by atoms with Gasteiger partial charge in [-0.15, -0.1) is 0 Å². The predicted molar refractivity (Wildman–Crippen MR) is 490 cm³/mol. The molecule has 12 N–H and O–H groups in total. The highest BCUT2D eigenvalue weighted by atomic mass is 16.5. The molecule has 0 aliphatic heterocycles. The first kappa shape index (κ1) is 94.7. The number of nitrogens with one attached hydrogen (secondary N) is 12. The van der Waals surface area contributed by atoms with Gasteiger partial charge in [-0.25, -0.2) is 69.0 Å². The lowest BCUT2D eigenvalue weighted by Crippen LogP contribution is -2.43. The number of benzene rings is 2. The Balaban J connectivity index is 0.000000168. The summed E-state index contributed by atoms with van der Waals surface area (Å²) in [5.74, 6) is 5.47. The molecule has 0 unspecified atom stereocenters.